The molecule has 0 aliphatic rings. The summed E-state index contributed by atoms with van der Waals surface area (Å²) in [4.78, 5) is 0. The van der Waals surface area contributed by atoms with Crippen molar-refractivity contribution in [1.29, 1.82) is 0 Å². The van der Waals surface area contributed by atoms with Crippen molar-refractivity contribution in [3.05, 3.63) is 28.8 Å². The van der Waals surface area contributed by atoms with Crippen molar-refractivity contribution in [1.82, 2.24) is 5.32 Å². The summed E-state index contributed by atoms with van der Waals surface area (Å²) >= 11 is 5.88. The molecule has 18 heavy (non-hydrogen) atoms. The van der Waals surface area contributed by atoms with Crippen molar-refractivity contribution >= 4 is 11.6 Å². The Balaban J connectivity index is 2.47. The van der Waals surface area contributed by atoms with E-state index in [4.69, 9.17) is 11.6 Å². The molecule has 0 saturated heterocycles. The van der Waals surface area contributed by atoms with Gasteiger partial charge in [-0.1, -0.05) is 45.4 Å². The number of phenolic OH excluding ortho intramolecular Hbond substituents is 1. The van der Waals surface area contributed by atoms with Gasteiger partial charge < -0.3 is 10.4 Å². The molecule has 0 atom stereocenters. The summed E-state index contributed by atoms with van der Waals surface area (Å²) in [5.74, 6) is 2.18. The van der Waals surface area contributed by atoms with Crippen molar-refractivity contribution in [2.75, 3.05) is 6.54 Å². The lowest BCUT2D eigenvalue weighted by Crippen LogP contribution is -2.29. The first kappa shape index (κ1) is 15.3. The van der Waals surface area contributed by atoms with E-state index in [1.165, 1.54) is 0 Å². The Kier molecular flexibility index (Phi) is 5.97. The molecule has 2 N–H and O–H groups in total. The fourth-order valence-electron chi connectivity index (χ4n) is 2.28. The fraction of sp³-hybridized carbons (Fsp3) is 0.600. The summed E-state index contributed by atoms with van der Waals surface area (Å²) < 4.78 is 0. The number of rotatable bonds is 6. The topological polar surface area (TPSA) is 32.3 Å². The number of aromatic hydroxyl groups is 1. The van der Waals surface area contributed by atoms with E-state index in [1.54, 1.807) is 6.07 Å². The molecule has 0 heterocycles. The highest BCUT2D eigenvalue weighted by molar-refractivity contribution is 6.32. The third-order valence-electron chi connectivity index (χ3n) is 3.43. The SMILES string of the molecule is CC(C)C(CNCc1ccc(O)c(Cl)c1)C(C)C. The highest BCUT2D eigenvalue weighted by Crippen LogP contribution is 2.24. The van der Waals surface area contributed by atoms with Crippen LogP contribution < -0.4 is 5.32 Å². The van der Waals surface area contributed by atoms with Gasteiger partial charge in [-0.25, -0.2) is 0 Å². The van der Waals surface area contributed by atoms with Gasteiger partial charge in [0, 0.05) is 6.54 Å². The summed E-state index contributed by atoms with van der Waals surface area (Å²) in [6, 6.07) is 5.35. The molecule has 0 aromatic heterocycles. The summed E-state index contributed by atoms with van der Waals surface area (Å²) in [5, 5.41) is 13.2. The third kappa shape index (κ3) is 4.51. The molecule has 0 bridgehead atoms. The first-order chi connectivity index (χ1) is 8.41. The maximum absolute atomic E-state index is 9.35. The van der Waals surface area contributed by atoms with Gasteiger partial charge in [0.2, 0.25) is 0 Å². The smallest absolute Gasteiger partial charge is 0.134 e. The van der Waals surface area contributed by atoms with E-state index in [1.807, 2.05) is 12.1 Å². The molecule has 0 saturated carbocycles. The van der Waals surface area contributed by atoms with Gasteiger partial charge in [-0.15, -0.1) is 0 Å². The summed E-state index contributed by atoms with van der Waals surface area (Å²) in [6.45, 7) is 10.9. The van der Waals surface area contributed by atoms with Gasteiger partial charge in [0.1, 0.15) is 5.75 Å². The van der Waals surface area contributed by atoms with Gasteiger partial charge in [-0.3, -0.25) is 0 Å². The Hall–Kier alpha value is -0.730. The summed E-state index contributed by atoms with van der Waals surface area (Å²) in [7, 11) is 0. The van der Waals surface area contributed by atoms with Gasteiger partial charge in [0.15, 0.2) is 0 Å². The lowest BCUT2D eigenvalue weighted by Gasteiger charge is -2.25. The first-order valence-electron chi connectivity index (χ1n) is 6.60. The van der Waals surface area contributed by atoms with Crippen LogP contribution in [-0.4, -0.2) is 11.7 Å². The van der Waals surface area contributed by atoms with Gasteiger partial charge in [-0.2, -0.15) is 0 Å². The normalized spacial score (nSPS) is 11.8. The van der Waals surface area contributed by atoms with Crippen LogP contribution in [0.3, 0.4) is 0 Å². The summed E-state index contributed by atoms with van der Waals surface area (Å²) in [5.41, 5.74) is 1.10. The van der Waals surface area contributed by atoms with E-state index < -0.39 is 0 Å². The molecule has 0 aliphatic heterocycles. The monoisotopic (exact) mass is 269 g/mol. The lowest BCUT2D eigenvalue weighted by atomic mass is 9.85. The molecular formula is C15H24ClNO. The number of hydrogen-bond donors (Lipinski definition) is 2. The molecule has 1 aromatic carbocycles. The van der Waals surface area contributed by atoms with E-state index in [-0.39, 0.29) is 5.75 Å². The van der Waals surface area contributed by atoms with Crippen LogP contribution in [0.4, 0.5) is 0 Å². The van der Waals surface area contributed by atoms with Crippen LogP contribution in [0.5, 0.6) is 5.75 Å². The Bertz CT molecular complexity index is 369. The molecule has 0 radical (unpaired) electrons. The van der Waals surface area contributed by atoms with E-state index in [2.05, 4.69) is 33.0 Å². The Morgan fingerprint density at radius 3 is 2.28 bits per heavy atom. The second kappa shape index (κ2) is 7.01. The molecule has 0 amide bonds. The Morgan fingerprint density at radius 2 is 1.78 bits per heavy atom. The van der Waals surface area contributed by atoms with Crippen molar-refractivity contribution < 1.29 is 5.11 Å². The van der Waals surface area contributed by atoms with Crippen LogP contribution in [0.1, 0.15) is 33.3 Å². The van der Waals surface area contributed by atoms with E-state index in [0.29, 0.717) is 22.8 Å². The highest BCUT2D eigenvalue weighted by Gasteiger charge is 2.16. The predicted molar refractivity (Wildman–Crippen MR) is 78.0 cm³/mol. The van der Waals surface area contributed by atoms with Crippen molar-refractivity contribution in [3.63, 3.8) is 0 Å². The number of phenols is 1. The number of hydrogen-bond acceptors (Lipinski definition) is 2. The Morgan fingerprint density at radius 1 is 1.17 bits per heavy atom. The average Bonchev–Trinajstić information content (AvgIpc) is 2.28. The second-order valence-corrected chi connectivity index (χ2v) is 5.98. The van der Waals surface area contributed by atoms with Crippen molar-refractivity contribution in [3.8, 4) is 5.75 Å². The zero-order valence-electron chi connectivity index (χ0n) is 11.7. The standard InChI is InChI=1S/C15H24ClNO/c1-10(2)13(11(3)4)9-17-8-12-5-6-15(18)14(16)7-12/h5-7,10-11,13,17-18H,8-9H2,1-4H3. The van der Waals surface area contributed by atoms with Crippen LogP contribution in [0, 0.1) is 17.8 Å². The molecular weight excluding hydrogens is 246 g/mol. The van der Waals surface area contributed by atoms with Gasteiger partial charge in [0.05, 0.1) is 5.02 Å². The zero-order valence-corrected chi connectivity index (χ0v) is 12.5. The highest BCUT2D eigenvalue weighted by atomic mass is 35.5. The minimum Gasteiger partial charge on any atom is -0.506 e. The molecule has 0 spiro atoms. The minimum atomic E-state index is 0.141. The zero-order chi connectivity index (χ0) is 13.7. The first-order valence-corrected chi connectivity index (χ1v) is 6.97. The average molecular weight is 270 g/mol. The van der Waals surface area contributed by atoms with E-state index >= 15 is 0 Å². The largest absolute Gasteiger partial charge is 0.506 e. The van der Waals surface area contributed by atoms with Gasteiger partial charge in [-0.05, 0) is 42.0 Å². The van der Waals surface area contributed by atoms with Gasteiger partial charge in [0.25, 0.3) is 0 Å². The molecule has 1 aromatic rings. The van der Waals surface area contributed by atoms with Crippen LogP contribution in [-0.2, 0) is 6.54 Å². The molecule has 3 heteroatoms. The van der Waals surface area contributed by atoms with Crippen LogP contribution >= 0.6 is 11.6 Å². The van der Waals surface area contributed by atoms with Crippen LogP contribution in [0.15, 0.2) is 18.2 Å². The fourth-order valence-corrected chi connectivity index (χ4v) is 2.49. The molecule has 0 aliphatic carbocycles. The van der Waals surface area contributed by atoms with Crippen LogP contribution in [0.2, 0.25) is 5.02 Å². The molecule has 1 rings (SSSR count). The maximum atomic E-state index is 9.35. The quantitative estimate of drug-likeness (QED) is 0.816. The molecule has 2 nitrogen and oxygen atoms in total. The predicted octanol–water partition coefficient (Wildman–Crippen LogP) is 4.06. The third-order valence-corrected chi connectivity index (χ3v) is 3.74. The number of nitrogens with one attached hydrogen (secondary N) is 1. The second-order valence-electron chi connectivity index (χ2n) is 5.57. The number of halogens is 1. The molecule has 0 fully saturated rings. The summed E-state index contributed by atoms with van der Waals surface area (Å²) in [6.07, 6.45) is 0. The van der Waals surface area contributed by atoms with Crippen LogP contribution in [0.25, 0.3) is 0 Å². The number of benzene rings is 1. The van der Waals surface area contributed by atoms with Crippen molar-refractivity contribution in [2.45, 2.75) is 34.2 Å². The minimum absolute atomic E-state index is 0.141. The lowest BCUT2D eigenvalue weighted by molar-refractivity contribution is 0.275. The van der Waals surface area contributed by atoms with Gasteiger partial charge >= 0.3 is 0 Å². The van der Waals surface area contributed by atoms with Crippen molar-refractivity contribution in [2.24, 2.45) is 17.8 Å². The molecule has 0 unspecified atom stereocenters. The maximum Gasteiger partial charge on any atom is 0.134 e. The van der Waals surface area contributed by atoms with E-state index in [0.717, 1.165) is 18.7 Å². The van der Waals surface area contributed by atoms with E-state index in [9.17, 15) is 5.11 Å². The Labute approximate surface area is 115 Å². The molecule has 102 valence electrons.